The maximum absolute atomic E-state index is 11.7. The minimum atomic E-state index is -0.110. The van der Waals surface area contributed by atoms with Gasteiger partial charge in [0.05, 0.1) is 20.8 Å². The Bertz CT molecular complexity index is 593. The van der Waals surface area contributed by atoms with E-state index < -0.39 is 0 Å². The molecule has 0 atom stereocenters. The highest BCUT2D eigenvalue weighted by Gasteiger charge is 2.04. The van der Waals surface area contributed by atoms with Gasteiger partial charge in [-0.2, -0.15) is 5.10 Å². The van der Waals surface area contributed by atoms with E-state index in [0.29, 0.717) is 6.42 Å². The molecule has 98 valence electrons. The molecule has 0 bridgehead atoms. The largest absolute Gasteiger partial charge is 0.273 e. The monoisotopic (exact) mass is 336 g/mol. The van der Waals surface area contributed by atoms with Gasteiger partial charge in [-0.15, -0.1) is 11.3 Å². The van der Waals surface area contributed by atoms with Gasteiger partial charge in [-0.3, -0.25) is 4.79 Å². The first kappa shape index (κ1) is 14.0. The Labute approximate surface area is 124 Å². The molecule has 0 spiro atoms. The summed E-state index contributed by atoms with van der Waals surface area (Å²) < 4.78 is 1.05. The molecular weight excluding hydrogens is 324 g/mol. The molecule has 0 aliphatic carbocycles. The van der Waals surface area contributed by atoms with Crippen molar-refractivity contribution in [2.45, 2.75) is 13.3 Å². The lowest BCUT2D eigenvalue weighted by atomic mass is 10.1. The highest BCUT2D eigenvalue weighted by molar-refractivity contribution is 9.11. The topological polar surface area (TPSA) is 41.5 Å². The Hall–Kier alpha value is -1.46. The number of hydrogen-bond acceptors (Lipinski definition) is 3. The van der Waals surface area contributed by atoms with E-state index in [2.05, 4.69) is 26.5 Å². The third-order valence-corrected chi connectivity index (χ3v) is 4.22. The van der Waals surface area contributed by atoms with E-state index in [0.717, 1.165) is 19.9 Å². The Kier molecular flexibility index (Phi) is 4.87. The first-order chi connectivity index (χ1) is 9.15. The number of rotatable bonds is 4. The Morgan fingerprint density at radius 1 is 1.26 bits per heavy atom. The quantitative estimate of drug-likeness (QED) is 0.672. The summed E-state index contributed by atoms with van der Waals surface area (Å²) in [6, 6.07) is 13.5. The van der Waals surface area contributed by atoms with Gasteiger partial charge in [0.25, 0.3) is 0 Å². The predicted molar refractivity (Wildman–Crippen MR) is 82.5 cm³/mol. The molecule has 0 aliphatic rings. The zero-order valence-corrected chi connectivity index (χ0v) is 12.8. The summed E-state index contributed by atoms with van der Waals surface area (Å²) in [7, 11) is 0. The van der Waals surface area contributed by atoms with E-state index in [9.17, 15) is 4.79 Å². The lowest BCUT2D eigenvalue weighted by Gasteiger charge is -2.01. The zero-order chi connectivity index (χ0) is 13.7. The smallest absolute Gasteiger partial charge is 0.244 e. The fourth-order valence-electron chi connectivity index (χ4n) is 1.53. The molecule has 1 aromatic heterocycles. The van der Waals surface area contributed by atoms with Gasteiger partial charge in [-0.1, -0.05) is 30.3 Å². The number of thiophene rings is 1. The van der Waals surface area contributed by atoms with Gasteiger partial charge in [-0.05, 0) is 40.5 Å². The average Bonchev–Trinajstić information content (AvgIpc) is 2.84. The molecule has 1 N–H and O–H groups in total. The second kappa shape index (κ2) is 6.63. The predicted octanol–water partition coefficient (Wildman–Crippen LogP) is 3.59. The van der Waals surface area contributed by atoms with E-state index >= 15 is 0 Å². The van der Waals surface area contributed by atoms with E-state index in [1.54, 1.807) is 11.3 Å². The van der Waals surface area contributed by atoms with Crippen molar-refractivity contribution < 1.29 is 4.79 Å². The van der Waals surface area contributed by atoms with Crippen molar-refractivity contribution in [3.63, 3.8) is 0 Å². The second-order valence-corrected chi connectivity index (χ2v) is 6.46. The fraction of sp³-hybridized carbons (Fsp3) is 0.143. The van der Waals surface area contributed by atoms with E-state index in [-0.39, 0.29) is 5.91 Å². The molecule has 0 radical (unpaired) electrons. The van der Waals surface area contributed by atoms with Crippen LogP contribution in [0.2, 0.25) is 0 Å². The third-order valence-electron chi connectivity index (χ3n) is 2.49. The van der Waals surface area contributed by atoms with Crippen LogP contribution >= 0.6 is 27.3 Å². The number of halogens is 1. The number of hydrogen-bond donors (Lipinski definition) is 1. The molecule has 1 aromatic carbocycles. The molecule has 0 unspecified atom stereocenters. The molecule has 19 heavy (non-hydrogen) atoms. The molecular formula is C14H13BrN2OS. The maximum atomic E-state index is 11.7. The van der Waals surface area contributed by atoms with Crippen molar-refractivity contribution in [1.29, 1.82) is 0 Å². The summed E-state index contributed by atoms with van der Waals surface area (Å²) in [6.07, 6.45) is 0.339. The lowest BCUT2D eigenvalue weighted by molar-refractivity contribution is -0.120. The van der Waals surface area contributed by atoms with Crippen LogP contribution in [0.15, 0.2) is 51.4 Å². The highest BCUT2D eigenvalue weighted by atomic mass is 79.9. The van der Waals surface area contributed by atoms with Crippen molar-refractivity contribution in [3.8, 4) is 0 Å². The third kappa shape index (κ3) is 4.29. The minimum absolute atomic E-state index is 0.110. The van der Waals surface area contributed by atoms with Crippen LogP contribution < -0.4 is 5.43 Å². The number of hydrazone groups is 1. The van der Waals surface area contributed by atoms with E-state index in [1.165, 1.54) is 0 Å². The number of carbonyl (C=O) groups excluding carboxylic acids is 1. The molecule has 2 rings (SSSR count). The molecule has 0 aliphatic heterocycles. The van der Waals surface area contributed by atoms with Gasteiger partial charge < -0.3 is 0 Å². The van der Waals surface area contributed by atoms with Crippen molar-refractivity contribution in [2.75, 3.05) is 0 Å². The number of nitrogens with one attached hydrogen (secondary N) is 1. The van der Waals surface area contributed by atoms with Gasteiger partial charge in [0, 0.05) is 0 Å². The average molecular weight is 337 g/mol. The van der Waals surface area contributed by atoms with Crippen molar-refractivity contribution in [1.82, 2.24) is 5.43 Å². The van der Waals surface area contributed by atoms with Crippen molar-refractivity contribution in [2.24, 2.45) is 5.10 Å². The number of nitrogens with zero attached hydrogens (tertiary/aromatic N) is 1. The van der Waals surface area contributed by atoms with Gasteiger partial charge in [-0.25, -0.2) is 5.43 Å². The SMILES string of the molecule is C/C(=N\NC(=O)Cc1ccccc1)c1ccc(Br)s1. The summed E-state index contributed by atoms with van der Waals surface area (Å²) in [6.45, 7) is 1.88. The van der Waals surface area contributed by atoms with Gasteiger partial charge in [0.1, 0.15) is 0 Å². The first-order valence-corrected chi connectivity index (χ1v) is 7.39. The van der Waals surface area contributed by atoms with Crippen LogP contribution in [-0.4, -0.2) is 11.6 Å². The molecule has 0 saturated heterocycles. The standard InChI is InChI=1S/C14H13BrN2OS/c1-10(12-7-8-13(15)19-12)16-17-14(18)9-11-5-3-2-4-6-11/h2-8H,9H2,1H3,(H,17,18)/b16-10+. The van der Waals surface area contributed by atoms with Crippen LogP contribution in [0.4, 0.5) is 0 Å². The zero-order valence-electron chi connectivity index (χ0n) is 10.4. The number of amides is 1. The molecule has 5 heteroatoms. The van der Waals surface area contributed by atoms with Gasteiger partial charge >= 0.3 is 0 Å². The van der Waals surface area contributed by atoms with Gasteiger partial charge in [0.2, 0.25) is 5.91 Å². The van der Waals surface area contributed by atoms with Crippen molar-refractivity contribution >= 4 is 38.9 Å². The molecule has 0 saturated carbocycles. The summed E-state index contributed by atoms with van der Waals surface area (Å²) in [4.78, 5) is 12.8. The summed E-state index contributed by atoms with van der Waals surface area (Å²) in [5, 5.41) is 4.11. The van der Waals surface area contributed by atoms with Crippen LogP contribution in [0.5, 0.6) is 0 Å². The minimum Gasteiger partial charge on any atom is -0.273 e. The highest BCUT2D eigenvalue weighted by Crippen LogP contribution is 2.22. The summed E-state index contributed by atoms with van der Waals surface area (Å²) in [5.41, 5.74) is 4.36. The van der Waals surface area contributed by atoms with Crippen molar-refractivity contribution in [3.05, 3.63) is 56.7 Å². The fourth-order valence-corrected chi connectivity index (χ4v) is 2.86. The second-order valence-electron chi connectivity index (χ2n) is 4.00. The first-order valence-electron chi connectivity index (χ1n) is 5.78. The molecule has 0 fully saturated rings. The van der Waals surface area contributed by atoms with Crippen LogP contribution in [0.1, 0.15) is 17.4 Å². The Morgan fingerprint density at radius 2 is 2.00 bits per heavy atom. The van der Waals surface area contributed by atoms with E-state index in [4.69, 9.17) is 0 Å². The molecule has 1 heterocycles. The molecule has 3 nitrogen and oxygen atoms in total. The maximum Gasteiger partial charge on any atom is 0.244 e. The normalized spacial score (nSPS) is 11.4. The number of carbonyl (C=O) groups is 1. The molecule has 1 amide bonds. The van der Waals surface area contributed by atoms with Crippen LogP contribution in [0, 0.1) is 0 Å². The number of benzene rings is 1. The lowest BCUT2D eigenvalue weighted by Crippen LogP contribution is -2.21. The van der Waals surface area contributed by atoms with Crippen LogP contribution in [0.3, 0.4) is 0 Å². The molecule has 2 aromatic rings. The van der Waals surface area contributed by atoms with Crippen LogP contribution in [-0.2, 0) is 11.2 Å². The van der Waals surface area contributed by atoms with E-state index in [1.807, 2.05) is 49.4 Å². The summed E-state index contributed by atoms with van der Waals surface area (Å²) >= 11 is 4.99. The summed E-state index contributed by atoms with van der Waals surface area (Å²) in [5.74, 6) is -0.110. The van der Waals surface area contributed by atoms with Crippen LogP contribution in [0.25, 0.3) is 0 Å². The Balaban J connectivity index is 1.93. The van der Waals surface area contributed by atoms with Gasteiger partial charge in [0.15, 0.2) is 0 Å². The Morgan fingerprint density at radius 3 is 2.63 bits per heavy atom.